The summed E-state index contributed by atoms with van der Waals surface area (Å²) in [6.45, 7) is 12.7. The number of hydrogen-bond acceptors (Lipinski definition) is 4. The zero-order valence-corrected chi connectivity index (χ0v) is 16.5. The minimum Gasteiger partial charge on any atom is -0.373 e. The summed E-state index contributed by atoms with van der Waals surface area (Å²) >= 11 is 0. The van der Waals surface area contributed by atoms with Gasteiger partial charge in [-0.15, -0.1) is 5.10 Å². The van der Waals surface area contributed by atoms with Crippen LogP contribution in [0.4, 0.5) is 5.69 Å². The molecule has 0 saturated carbocycles. The lowest BCUT2D eigenvalue weighted by Crippen LogP contribution is -2.35. The van der Waals surface area contributed by atoms with Crippen LogP contribution >= 0.6 is 0 Å². The number of aryl methyl sites for hydroxylation is 4. The van der Waals surface area contributed by atoms with Crippen molar-refractivity contribution in [2.24, 2.45) is 0 Å². The molecule has 0 aliphatic carbocycles. The zero-order valence-electron chi connectivity index (χ0n) is 16.5. The average molecular weight is 349 g/mol. The van der Waals surface area contributed by atoms with Crippen LogP contribution < -0.4 is 5.32 Å². The van der Waals surface area contributed by atoms with E-state index in [0.717, 1.165) is 34.7 Å². The third kappa shape index (κ3) is 3.21. The van der Waals surface area contributed by atoms with E-state index in [9.17, 15) is 0 Å². The van der Waals surface area contributed by atoms with E-state index in [1.54, 1.807) is 0 Å². The summed E-state index contributed by atoms with van der Waals surface area (Å²) in [5.41, 5.74) is 6.55. The molecule has 1 heterocycles. The van der Waals surface area contributed by atoms with Crippen LogP contribution in [-0.2, 0) is 5.54 Å². The summed E-state index contributed by atoms with van der Waals surface area (Å²) in [6, 6.07) is 12.7. The van der Waals surface area contributed by atoms with Crippen LogP contribution in [0.25, 0.3) is 5.69 Å². The summed E-state index contributed by atoms with van der Waals surface area (Å²) in [6.07, 6.45) is 0.853. The SMILES string of the molecule is CC[C@](C)(Nc1ccc(C)cc1C)c1nnnn1-c1c(C)cccc1C. The molecule has 0 aliphatic heterocycles. The molecule has 5 heteroatoms. The number of hydrogen-bond donors (Lipinski definition) is 1. The van der Waals surface area contributed by atoms with Crippen LogP contribution in [-0.4, -0.2) is 20.2 Å². The first-order valence-electron chi connectivity index (χ1n) is 9.06. The number of anilines is 1. The van der Waals surface area contributed by atoms with Gasteiger partial charge in [0.25, 0.3) is 0 Å². The van der Waals surface area contributed by atoms with Crippen LogP contribution in [0.3, 0.4) is 0 Å². The molecule has 0 fully saturated rings. The molecule has 3 aromatic rings. The Morgan fingerprint density at radius 3 is 2.31 bits per heavy atom. The van der Waals surface area contributed by atoms with Gasteiger partial charge >= 0.3 is 0 Å². The molecule has 26 heavy (non-hydrogen) atoms. The van der Waals surface area contributed by atoms with Gasteiger partial charge < -0.3 is 5.32 Å². The lowest BCUT2D eigenvalue weighted by Gasteiger charge is -2.30. The minimum absolute atomic E-state index is 0.391. The lowest BCUT2D eigenvalue weighted by molar-refractivity contribution is 0.474. The van der Waals surface area contributed by atoms with Crippen molar-refractivity contribution < 1.29 is 0 Å². The molecule has 1 atom stereocenters. The minimum atomic E-state index is -0.391. The van der Waals surface area contributed by atoms with E-state index in [4.69, 9.17) is 0 Å². The summed E-state index contributed by atoms with van der Waals surface area (Å²) in [5.74, 6) is 0.817. The van der Waals surface area contributed by atoms with Crippen LogP contribution in [0.2, 0.25) is 0 Å². The lowest BCUT2D eigenvalue weighted by atomic mass is 9.95. The van der Waals surface area contributed by atoms with Gasteiger partial charge in [-0.25, -0.2) is 0 Å². The maximum atomic E-state index is 4.40. The Balaban J connectivity index is 2.08. The molecule has 1 N–H and O–H groups in total. The molecule has 0 bridgehead atoms. The second-order valence-electron chi connectivity index (χ2n) is 7.28. The Bertz CT molecular complexity index is 908. The quantitative estimate of drug-likeness (QED) is 0.729. The van der Waals surface area contributed by atoms with Crippen molar-refractivity contribution in [2.75, 3.05) is 5.32 Å². The van der Waals surface area contributed by atoms with Crippen molar-refractivity contribution in [2.45, 2.75) is 53.5 Å². The molecule has 0 spiro atoms. The number of nitrogens with one attached hydrogen (secondary N) is 1. The third-order valence-corrected chi connectivity index (χ3v) is 5.11. The normalized spacial score (nSPS) is 13.5. The van der Waals surface area contributed by atoms with Crippen LogP contribution in [0.15, 0.2) is 36.4 Å². The van der Waals surface area contributed by atoms with Gasteiger partial charge in [0.15, 0.2) is 5.82 Å². The molecule has 5 nitrogen and oxygen atoms in total. The number of nitrogens with zero attached hydrogens (tertiary/aromatic N) is 4. The van der Waals surface area contributed by atoms with E-state index in [2.05, 4.69) is 98.8 Å². The number of para-hydroxylation sites is 1. The van der Waals surface area contributed by atoms with Crippen LogP contribution in [0.5, 0.6) is 0 Å². The Hall–Kier alpha value is -2.69. The Labute approximate surface area is 155 Å². The van der Waals surface area contributed by atoms with Gasteiger partial charge in [-0.2, -0.15) is 4.68 Å². The molecule has 1 aromatic heterocycles. The van der Waals surface area contributed by atoms with E-state index in [1.807, 2.05) is 4.68 Å². The van der Waals surface area contributed by atoms with Gasteiger partial charge in [-0.1, -0.05) is 42.8 Å². The first-order valence-corrected chi connectivity index (χ1v) is 9.06. The monoisotopic (exact) mass is 349 g/mol. The van der Waals surface area contributed by atoms with E-state index in [-0.39, 0.29) is 0 Å². The van der Waals surface area contributed by atoms with Crippen molar-refractivity contribution in [1.29, 1.82) is 0 Å². The largest absolute Gasteiger partial charge is 0.373 e. The fraction of sp³-hybridized carbons (Fsp3) is 0.381. The molecule has 0 amide bonds. The molecular formula is C21H27N5. The molecule has 0 unspecified atom stereocenters. The molecule has 3 rings (SSSR count). The standard InChI is InChI=1S/C21H27N5/c1-7-21(6,22-18-12-11-14(2)13-17(18)5)20-23-24-25-26(20)19-15(3)9-8-10-16(19)4/h8-13,22H,7H2,1-6H3/t21-/m0/s1. The Morgan fingerprint density at radius 1 is 1.00 bits per heavy atom. The predicted octanol–water partition coefficient (Wildman–Crippen LogP) is 4.63. The second kappa shape index (κ2) is 6.90. The Kier molecular flexibility index (Phi) is 4.81. The first kappa shape index (κ1) is 18.1. The number of aromatic nitrogens is 4. The summed E-state index contributed by atoms with van der Waals surface area (Å²) in [5, 5.41) is 16.4. The average Bonchev–Trinajstić information content (AvgIpc) is 3.07. The predicted molar refractivity (Wildman–Crippen MR) is 106 cm³/mol. The topological polar surface area (TPSA) is 55.6 Å². The van der Waals surface area contributed by atoms with Crippen LogP contribution in [0, 0.1) is 27.7 Å². The highest BCUT2D eigenvalue weighted by molar-refractivity contribution is 5.55. The van der Waals surface area contributed by atoms with Gasteiger partial charge in [-0.05, 0) is 74.2 Å². The molecule has 136 valence electrons. The van der Waals surface area contributed by atoms with Crippen molar-refractivity contribution in [3.63, 3.8) is 0 Å². The van der Waals surface area contributed by atoms with E-state index < -0.39 is 5.54 Å². The maximum absolute atomic E-state index is 4.40. The first-order chi connectivity index (χ1) is 12.4. The molecule has 2 aromatic carbocycles. The Morgan fingerprint density at radius 2 is 1.69 bits per heavy atom. The fourth-order valence-electron chi connectivity index (χ4n) is 3.38. The number of benzene rings is 2. The highest BCUT2D eigenvalue weighted by Crippen LogP contribution is 2.31. The van der Waals surface area contributed by atoms with E-state index in [1.165, 1.54) is 11.1 Å². The molecule has 0 aliphatic rings. The maximum Gasteiger partial charge on any atom is 0.181 e. The van der Waals surface area contributed by atoms with Gasteiger partial charge in [0.1, 0.15) is 0 Å². The molecule has 0 radical (unpaired) electrons. The summed E-state index contributed by atoms with van der Waals surface area (Å²) in [4.78, 5) is 0. The zero-order chi connectivity index (χ0) is 18.9. The van der Waals surface area contributed by atoms with Gasteiger partial charge in [0.05, 0.1) is 11.2 Å². The number of rotatable bonds is 5. The van der Waals surface area contributed by atoms with Crippen LogP contribution in [0.1, 0.15) is 48.3 Å². The number of tetrazole rings is 1. The summed E-state index contributed by atoms with van der Waals surface area (Å²) < 4.78 is 1.88. The van der Waals surface area contributed by atoms with E-state index in [0.29, 0.717) is 0 Å². The third-order valence-electron chi connectivity index (χ3n) is 5.11. The second-order valence-corrected chi connectivity index (χ2v) is 7.28. The molecular weight excluding hydrogens is 322 g/mol. The van der Waals surface area contributed by atoms with Gasteiger partial charge in [-0.3, -0.25) is 0 Å². The summed E-state index contributed by atoms with van der Waals surface area (Å²) in [7, 11) is 0. The van der Waals surface area contributed by atoms with Crippen molar-refractivity contribution >= 4 is 5.69 Å². The van der Waals surface area contributed by atoms with E-state index >= 15 is 0 Å². The van der Waals surface area contributed by atoms with Gasteiger partial charge in [0.2, 0.25) is 0 Å². The smallest absolute Gasteiger partial charge is 0.181 e. The van der Waals surface area contributed by atoms with Crippen molar-refractivity contribution in [3.8, 4) is 5.69 Å². The van der Waals surface area contributed by atoms with Gasteiger partial charge in [0, 0.05) is 5.69 Å². The van der Waals surface area contributed by atoms with Crippen molar-refractivity contribution in [1.82, 2.24) is 20.2 Å². The highest BCUT2D eigenvalue weighted by atomic mass is 15.6. The van der Waals surface area contributed by atoms with Crippen molar-refractivity contribution in [3.05, 3.63) is 64.5 Å². The fourth-order valence-corrected chi connectivity index (χ4v) is 3.38. The molecule has 0 saturated heterocycles. The highest BCUT2D eigenvalue weighted by Gasteiger charge is 2.32.